The number of anilines is 2. The third-order valence-electron chi connectivity index (χ3n) is 3.76. The molecule has 0 aliphatic heterocycles. The summed E-state index contributed by atoms with van der Waals surface area (Å²) in [5, 5.41) is 4.45. The lowest BCUT2D eigenvalue weighted by atomic mass is 9.70. The van der Waals surface area contributed by atoms with Crippen LogP contribution in [0.1, 0.15) is 49.7 Å². The summed E-state index contributed by atoms with van der Waals surface area (Å²) in [6.45, 7) is 7.09. The van der Waals surface area contributed by atoms with Gasteiger partial charge in [-0.2, -0.15) is 0 Å². The second-order valence-electron chi connectivity index (χ2n) is 5.93. The molecule has 0 bridgehead atoms. The Morgan fingerprint density at radius 2 is 2.22 bits per heavy atom. The SMILES string of the molecule is CC(C)C(=O)c1sc(NCC2(C)CCC2)cc1N. The van der Waals surface area contributed by atoms with Crippen molar-refractivity contribution in [2.45, 2.75) is 40.0 Å². The molecule has 3 nitrogen and oxygen atoms in total. The number of hydrogen-bond donors (Lipinski definition) is 2. The zero-order valence-electron chi connectivity index (χ0n) is 11.4. The first kappa shape index (κ1) is 13.4. The van der Waals surface area contributed by atoms with Crippen molar-refractivity contribution < 1.29 is 4.79 Å². The van der Waals surface area contributed by atoms with Gasteiger partial charge in [0.05, 0.1) is 15.6 Å². The molecule has 4 heteroatoms. The van der Waals surface area contributed by atoms with Crippen molar-refractivity contribution in [3.05, 3.63) is 10.9 Å². The highest BCUT2D eigenvalue weighted by atomic mass is 32.1. The fraction of sp³-hybridized carbons (Fsp3) is 0.643. The highest BCUT2D eigenvalue weighted by molar-refractivity contribution is 7.18. The second kappa shape index (κ2) is 4.92. The lowest BCUT2D eigenvalue weighted by Crippen LogP contribution is -2.33. The molecule has 3 N–H and O–H groups in total. The van der Waals surface area contributed by atoms with Crippen molar-refractivity contribution in [1.82, 2.24) is 0 Å². The first-order chi connectivity index (χ1) is 8.41. The Bertz CT molecular complexity index is 447. The monoisotopic (exact) mass is 266 g/mol. The van der Waals surface area contributed by atoms with E-state index in [0.29, 0.717) is 16.0 Å². The molecule has 0 unspecified atom stereocenters. The lowest BCUT2D eigenvalue weighted by molar-refractivity contribution is 0.0944. The molecule has 1 fully saturated rings. The fourth-order valence-electron chi connectivity index (χ4n) is 2.20. The van der Waals surface area contributed by atoms with Gasteiger partial charge >= 0.3 is 0 Å². The molecule has 1 aromatic rings. The average molecular weight is 266 g/mol. The summed E-state index contributed by atoms with van der Waals surface area (Å²) >= 11 is 1.49. The number of carbonyl (C=O) groups excluding carboxylic acids is 1. The van der Waals surface area contributed by atoms with Gasteiger partial charge in [-0.25, -0.2) is 0 Å². The van der Waals surface area contributed by atoms with Crippen LogP contribution in [-0.2, 0) is 0 Å². The van der Waals surface area contributed by atoms with Crippen molar-refractivity contribution in [1.29, 1.82) is 0 Å². The van der Waals surface area contributed by atoms with Gasteiger partial charge in [-0.15, -0.1) is 11.3 Å². The van der Waals surface area contributed by atoms with Crippen LogP contribution in [0.4, 0.5) is 10.7 Å². The van der Waals surface area contributed by atoms with E-state index in [0.717, 1.165) is 11.5 Å². The Kier molecular flexibility index (Phi) is 3.66. The number of nitrogens with two attached hydrogens (primary N) is 1. The van der Waals surface area contributed by atoms with Crippen LogP contribution in [0.2, 0.25) is 0 Å². The number of rotatable bonds is 5. The number of nitrogens with one attached hydrogen (secondary N) is 1. The summed E-state index contributed by atoms with van der Waals surface area (Å²) in [6.07, 6.45) is 3.92. The van der Waals surface area contributed by atoms with Gasteiger partial charge in [-0.1, -0.05) is 27.2 Å². The molecule has 1 saturated carbocycles. The van der Waals surface area contributed by atoms with Crippen molar-refractivity contribution in [2.24, 2.45) is 11.3 Å². The molecular formula is C14H22N2OS. The van der Waals surface area contributed by atoms with Gasteiger partial charge in [0.1, 0.15) is 0 Å². The molecule has 0 aromatic carbocycles. The fourth-order valence-corrected chi connectivity index (χ4v) is 3.27. The normalized spacial score (nSPS) is 17.6. The number of carbonyl (C=O) groups is 1. The first-order valence-corrected chi connectivity index (χ1v) is 7.40. The molecule has 2 rings (SSSR count). The van der Waals surface area contributed by atoms with Gasteiger partial charge in [-0.3, -0.25) is 4.79 Å². The van der Waals surface area contributed by atoms with Gasteiger partial charge in [0.15, 0.2) is 5.78 Å². The number of nitrogen functional groups attached to an aromatic ring is 1. The Hall–Kier alpha value is -1.03. The van der Waals surface area contributed by atoms with E-state index in [2.05, 4.69) is 12.2 Å². The Morgan fingerprint density at radius 1 is 1.56 bits per heavy atom. The zero-order chi connectivity index (χ0) is 13.3. The van der Waals surface area contributed by atoms with Gasteiger partial charge in [0.25, 0.3) is 0 Å². The van der Waals surface area contributed by atoms with Crippen LogP contribution in [0, 0.1) is 11.3 Å². The highest BCUT2D eigenvalue weighted by Gasteiger charge is 2.31. The summed E-state index contributed by atoms with van der Waals surface area (Å²) < 4.78 is 0. The van der Waals surface area contributed by atoms with Crippen molar-refractivity contribution >= 4 is 27.8 Å². The first-order valence-electron chi connectivity index (χ1n) is 6.59. The van der Waals surface area contributed by atoms with Crippen LogP contribution < -0.4 is 11.1 Å². The van der Waals surface area contributed by atoms with Gasteiger partial charge in [0, 0.05) is 12.5 Å². The van der Waals surface area contributed by atoms with Crippen LogP contribution in [0.15, 0.2) is 6.07 Å². The molecule has 0 amide bonds. The second-order valence-corrected chi connectivity index (χ2v) is 6.98. The smallest absolute Gasteiger partial charge is 0.177 e. The quantitative estimate of drug-likeness (QED) is 0.798. The standard InChI is InChI=1S/C14H22N2OS/c1-9(2)12(17)13-10(15)7-11(18-13)16-8-14(3)5-4-6-14/h7,9,16H,4-6,8,15H2,1-3H3. The van der Waals surface area contributed by atoms with E-state index in [-0.39, 0.29) is 11.7 Å². The molecule has 100 valence electrons. The van der Waals surface area contributed by atoms with E-state index >= 15 is 0 Å². The minimum atomic E-state index is 0.00273. The van der Waals surface area contributed by atoms with E-state index in [4.69, 9.17) is 5.73 Å². The van der Waals surface area contributed by atoms with Crippen molar-refractivity contribution in [3.63, 3.8) is 0 Å². The Labute approximate surface area is 113 Å². The molecule has 1 heterocycles. The lowest BCUT2D eigenvalue weighted by Gasteiger charge is -2.38. The number of thiophene rings is 1. The van der Waals surface area contributed by atoms with E-state index in [9.17, 15) is 4.79 Å². The molecule has 18 heavy (non-hydrogen) atoms. The van der Waals surface area contributed by atoms with E-state index in [1.54, 1.807) is 0 Å². The summed E-state index contributed by atoms with van der Waals surface area (Å²) in [5.74, 6) is 0.142. The van der Waals surface area contributed by atoms with Gasteiger partial charge in [-0.05, 0) is 24.3 Å². The number of ketones is 1. The molecule has 1 aliphatic rings. The maximum absolute atomic E-state index is 11.9. The number of hydrogen-bond acceptors (Lipinski definition) is 4. The predicted molar refractivity (Wildman–Crippen MR) is 78.3 cm³/mol. The van der Waals surface area contributed by atoms with E-state index in [1.807, 2.05) is 19.9 Å². The van der Waals surface area contributed by atoms with E-state index in [1.165, 1.54) is 30.6 Å². The van der Waals surface area contributed by atoms with Crippen LogP contribution in [0.5, 0.6) is 0 Å². The number of Topliss-reactive ketones (excluding diaryl/α,β-unsaturated/α-hetero) is 1. The molecular weight excluding hydrogens is 244 g/mol. The average Bonchev–Trinajstić information content (AvgIpc) is 2.64. The third kappa shape index (κ3) is 2.69. The summed E-state index contributed by atoms with van der Waals surface area (Å²) in [4.78, 5) is 12.7. The van der Waals surface area contributed by atoms with Crippen LogP contribution in [-0.4, -0.2) is 12.3 Å². The Balaban J connectivity index is 2.02. The van der Waals surface area contributed by atoms with Gasteiger partial charge in [0.2, 0.25) is 0 Å². The summed E-state index contributed by atoms with van der Waals surface area (Å²) in [5.41, 5.74) is 6.96. The molecule has 1 aliphatic carbocycles. The maximum atomic E-state index is 11.9. The predicted octanol–water partition coefficient (Wildman–Crippen LogP) is 3.77. The maximum Gasteiger partial charge on any atom is 0.177 e. The van der Waals surface area contributed by atoms with Crippen molar-refractivity contribution in [3.8, 4) is 0 Å². The largest absolute Gasteiger partial charge is 0.397 e. The molecule has 0 radical (unpaired) electrons. The third-order valence-corrected chi connectivity index (χ3v) is 4.88. The summed E-state index contributed by atoms with van der Waals surface area (Å²) in [6, 6.07) is 1.89. The van der Waals surface area contributed by atoms with Crippen LogP contribution in [0.25, 0.3) is 0 Å². The molecule has 0 spiro atoms. The molecule has 1 aromatic heterocycles. The minimum absolute atomic E-state index is 0.00273. The molecule has 0 atom stereocenters. The van der Waals surface area contributed by atoms with Crippen LogP contribution >= 0.6 is 11.3 Å². The van der Waals surface area contributed by atoms with Crippen LogP contribution in [0.3, 0.4) is 0 Å². The van der Waals surface area contributed by atoms with Gasteiger partial charge < -0.3 is 11.1 Å². The van der Waals surface area contributed by atoms with E-state index < -0.39 is 0 Å². The Morgan fingerprint density at radius 3 is 2.72 bits per heavy atom. The topological polar surface area (TPSA) is 55.1 Å². The zero-order valence-corrected chi connectivity index (χ0v) is 12.2. The highest BCUT2D eigenvalue weighted by Crippen LogP contribution is 2.41. The summed E-state index contributed by atoms with van der Waals surface area (Å²) in [7, 11) is 0. The minimum Gasteiger partial charge on any atom is -0.397 e. The molecule has 0 saturated heterocycles. The van der Waals surface area contributed by atoms with Crippen molar-refractivity contribution in [2.75, 3.05) is 17.6 Å².